The molecule has 6 heteroatoms. The normalized spacial score (nSPS) is 26.4. The summed E-state index contributed by atoms with van der Waals surface area (Å²) >= 11 is 0. The number of carbonyl (C=O) groups excluding carboxylic acids is 2. The van der Waals surface area contributed by atoms with Crippen molar-refractivity contribution in [1.29, 1.82) is 0 Å². The van der Waals surface area contributed by atoms with Crippen molar-refractivity contribution in [3.63, 3.8) is 0 Å². The van der Waals surface area contributed by atoms with Gasteiger partial charge in [-0.2, -0.15) is 0 Å². The molecule has 2 aromatic carbocycles. The zero-order valence-electron chi connectivity index (χ0n) is 19.1. The van der Waals surface area contributed by atoms with Gasteiger partial charge in [-0.1, -0.05) is 55.3 Å². The summed E-state index contributed by atoms with van der Waals surface area (Å²) in [6, 6.07) is 17.1. The molecule has 174 valence electrons. The average Bonchev–Trinajstić information content (AvgIpc) is 3.26. The van der Waals surface area contributed by atoms with E-state index >= 15 is 0 Å². The number of aliphatic hydroxyl groups is 1. The predicted molar refractivity (Wildman–Crippen MR) is 124 cm³/mol. The maximum atomic E-state index is 13.4. The third-order valence-electron chi connectivity index (χ3n) is 7.85. The van der Waals surface area contributed by atoms with Crippen molar-refractivity contribution in [1.82, 2.24) is 10.2 Å². The van der Waals surface area contributed by atoms with Crippen molar-refractivity contribution in [2.24, 2.45) is 17.8 Å². The predicted octanol–water partition coefficient (Wildman–Crippen LogP) is 3.10. The van der Waals surface area contributed by atoms with Gasteiger partial charge in [-0.3, -0.25) is 9.69 Å². The molecular weight excluding hydrogens is 416 g/mol. The Morgan fingerprint density at radius 1 is 1.03 bits per heavy atom. The van der Waals surface area contributed by atoms with E-state index < -0.39 is 5.60 Å². The third-order valence-corrected chi connectivity index (χ3v) is 7.85. The first-order valence-corrected chi connectivity index (χ1v) is 12.0. The molecule has 1 heterocycles. The van der Waals surface area contributed by atoms with Gasteiger partial charge in [0.15, 0.2) is 5.60 Å². The SMILES string of the molecule is COC(=O)c1ccc(CN2C[C@@H]3C(NC(=O)C(O)(c4ccccc4)C4CCCC4)[C@@H]3C2)cc1. The van der Waals surface area contributed by atoms with E-state index in [1.807, 2.05) is 42.5 Å². The van der Waals surface area contributed by atoms with Gasteiger partial charge in [0.05, 0.1) is 12.7 Å². The van der Waals surface area contributed by atoms with Gasteiger partial charge in [-0.05, 0) is 47.9 Å². The highest BCUT2D eigenvalue weighted by Crippen LogP contribution is 2.47. The van der Waals surface area contributed by atoms with Crippen LogP contribution in [0.1, 0.15) is 47.2 Å². The maximum Gasteiger partial charge on any atom is 0.337 e. The Morgan fingerprint density at radius 3 is 2.27 bits per heavy atom. The molecule has 1 saturated heterocycles. The summed E-state index contributed by atoms with van der Waals surface area (Å²) in [4.78, 5) is 27.4. The first kappa shape index (κ1) is 22.1. The quantitative estimate of drug-likeness (QED) is 0.637. The van der Waals surface area contributed by atoms with Crippen LogP contribution >= 0.6 is 0 Å². The summed E-state index contributed by atoms with van der Waals surface area (Å²) < 4.78 is 4.76. The van der Waals surface area contributed by atoms with E-state index in [0.717, 1.165) is 50.9 Å². The minimum absolute atomic E-state index is 0.0250. The fourth-order valence-electron chi connectivity index (χ4n) is 5.93. The molecule has 3 aliphatic rings. The lowest BCUT2D eigenvalue weighted by Crippen LogP contribution is -2.50. The molecule has 2 saturated carbocycles. The van der Waals surface area contributed by atoms with Gasteiger partial charge >= 0.3 is 5.97 Å². The van der Waals surface area contributed by atoms with Gasteiger partial charge in [-0.25, -0.2) is 4.79 Å². The lowest BCUT2D eigenvalue weighted by atomic mass is 9.79. The van der Waals surface area contributed by atoms with Gasteiger partial charge in [0.25, 0.3) is 5.91 Å². The number of likely N-dealkylation sites (tertiary alicyclic amines) is 1. The van der Waals surface area contributed by atoms with E-state index in [1.54, 1.807) is 12.1 Å². The number of rotatable bonds is 7. The number of fused-ring (bicyclic) bond motifs is 1. The van der Waals surface area contributed by atoms with Crippen molar-refractivity contribution >= 4 is 11.9 Å². The van der Waals surface area contributed by atoms with Crippen LogP contribution < -0.4 is 5.32 Å². The molecule has 1 amide bonds. The molecule has 2 N–H and O–H groups in total. The van der Waals surface area contributed by atoms with E-state index in [1.165, 1.54) is 7.11 Å². The van der Waals surface area contributed by atoms with Crippen LogP contribution in [0.3, 0.4) is 0 Å². The molecule has 4 atom stereocenters. The maximum absolute atomic E-state index is 13.4. The molecule has 0 bridgehead atoms. The molecule has 2 aliphatic carbocycles. The van der Waals surface area contributed by atoms with Crippen molar-refractivity contribution in [3.05, 3.63) is 71.3 Å². The fourth-order valence-corrected chi connectivity index (χ4v) is 5.93. The fraction of sp³-hybridized carbons (Fsp3) is 0.481. The molecule has 0 aromatic heterocycles. The van der Waals surface area contributed by atoms with Crippen LogP contribution in [0.25, 0.3) is 0 Å². The van der Waals surface area contributed by atoms with Crippen LogP contribution in [0, 0.1) is 17.8 Å². The molecule has 33 heavy (non-hydrogen) atoms. The number of esters is 1. The van der Waals surface area contributed by atoms with Crippen LogP contribution in [0.15, 0.2) is 54.6 Å². The van der Waals surface area contributed by atoms with Crippen LogP contribution in [0.2, 0.25) is 0 Å². The second kappa shape index (κ2) is 8.92. The first-order valence-electron chi connectivity index (χ1n) is 12.0. The number of nitrogens with one attached hydrogen (secondary N) is 1. The standard InChI is InChI=1S/C27H32N2O4/c1-33-25(30)19-13-11-18(12-14-19)15-29-16-22-23(17-29)24(22)28-26(31)27(32,21-9-5-6-10-21)20-7-3-2-4-8-20/h2-4,7-8,11-14,21-24,32H,5-6,9-10,15-17H2,1H3,(H,28,31)/t22-,23+,24?,27?. The smallest absolute Gasteiger partial charge is 0.337 e. The van der Waals surface area contributed by atoms with E-state index in [0.29, 0.717) is 23.0 Å². The summed E-state index contributed by atoms with van der Waals surface area (Å²) in [5.41, 5.74) is 0.971. The summed E-state index contributed by atoms with van der Waals surface area (Å²) in [6.07, 6.45) is 3.91. The lowest BCUT2D eigenvalue weighted by Gasteiger charge is -2.33. The number of carbonyl (C=O) groups is 2. The number of nitrogens with zero attached hydrogens (tertiary/aromatic N) is 1. The number of hydrogen-bond donors (Lipinski definition) is 2. The van der Waals surface area contributed by atoms with Crippen LogP contribution in [-0.2, 0) is 21.7 Å². The number of amides is 1. The van der Waals surface area contributed by atoms with Crippen LogP contribution in [0.4, 0.5) is 0 Å². The molecule has 2 aromatic rings. The summed E-state index contributed by atoms with van der Waals surface area (Å²) in [5.74, 6) is 0.294. The Kier molecular flexibility index (Phi) is 5.97. The van der Waals surface area contributed by atoms with E-state index in [2.05, 4.69) is 10.2 Å². The topological polar surface area (TPSA) is 78.9 Å². The monoisotopic (exact) mass is 448 g/mol. The summed E-state index contributed by atoms with van der Waals surface area (Å²) in [7, 11) is 1.39. The Hall–Kier alpha value is -2.70. The van der Waals surface area contributed by atoms with E-state index in [-0.39, 0.29) is 23.8 Å². The van der Waals surface area contributed by atoms with Crippen molar-refractivity contribution in [2.45, 2.75) is 43.9 Å². The Labute approximate surface area is 194 Å². The highest BCUT2D eigenvalue weighted by atomic mass is 16.5. The largest absolute Gasteiger partial charge is 0.465 e. The third kappa shape index (κ3) is 4.18. The van der Waals surface area contributed by atoms with E-state index in [4.69, 9.17) is 4.74 Å². The van der Waals surface area contributed by atoms with E-state index in [9.17, 15) is 14.7 Å². The Bertz CT molecular complexity index is 991. The second-order valence-corrected chi connectivity index (χ2v) is 9.82. The highest BCUT2D eigenvalue weighted by molar-refractivity contribution is 5.89. The summed E-state index contributed by atoms with van der Waals surface area (Å²) in [6.45, 7) is 2.69. The molecule has 2 unspecified atom stereocenters. The number of hydrogen-bond acceptors (Lipinski definition) is 5. The molecular formula is C27H32N2O4. The number of benzene rings is 2. The van der Waals surface area contributed by atoms with Gasteiger partial charge in [0.1, 0.15) is 0 Å². The van der Waals surface area contributed by atoms with Crippen molar-refractivity contribution in [2.75, 3.05) is 20.2 Å². The molecule has 5 rings (SSSR count). The minimum Gasteiger partial charge on any atom is -0.465 e. The summed E-state index contributed by atoms with van der Waals surface area (Å²) in [5, 5.41) is 14.9. The first-order chi connectivity index (χ1) is 16.0. The van der Waals surface area contributed by atoms with Gasteiger partial charge < -0.3 is 15.2 Å². The average molecular weight is 449 g/mol. The zero-order chi connectivity index (χ0) is 23.0. The van der Waals surface area contributed by atoms with Crippen LogP contribution in [0.5, 0.6) is 0 Å². The molecule has 3 fully saturated rings. The van der Waals surface area contributed by atoms with Crippen molar-refractivity contribution in [3.8, 4) is 0 Å². The molecule has 0 radical (unpaired) electrons. The van der Waals surface area contributed by atoms with Gasteiger partial charge in [-0.15, -0.1) is 0 Å². The molecule has 1 aliphatic heterocycles. The molecule has 0 spiro atoms. The second-order valence-electron chi connectivity index (χ2n) is 9.82. The molecule has 6 nitrogen and oxygen atoms in total. The number of ether oxygens (including phenoxy) is 1. The highest BCUT2D eigenvalue weighted by Gasteiger charge is 2.58. The minimum atomic E-state index is -1.45. The number of piperidine rings is 1. The van der Waals surface area contributed by atoms with Gasteiger partial charge in [0, 0.05) is 31.6 Å². The Morgan fingerprint density at radius 2 is 1.67 bits per heavy atom. The van der Waals surface area contributed by atoms with Gasteiger partial charge in [0.2, 0.25) is 0 Å². The number of methoxy groups -OCH3 is 1. The lowest BCUT2D eigenvalue weighted by molar-refractivity contribution is -0.147. The van der Waals surface area contributed by atoms with Crippen LogP contribution in [-0.4, -0.2) is 48.1 Å². The van der Waals surface area contributed by atoms with Crippen molar-refractivity contribution < 1.29 is 19.4 Å². The zero-order valence-corrected chi connectivity index (χ0v) is 19.1. The Balaban J connectivity index is 1.19.